The Balaban J connectivity index is 2.51. The summed E-state index contributed by atoms with van der Waals surface area (Å²) in [5, 5.41) is 20.8. The molecule has 0 amide bonds. The summed E-state index contributed by atoms with van der Waals surface area (Å²) in [5.74, 6) is -0.146. The van der Waals surface area contributed by atoms with Crippen molar-refractivity contribution in [3.8, 4) is 11.5 Å². The molecule has 17 heavy (non-hydrogen) atoms. The number of halogens is 1. The highest BCUT2D eigenvalue weighted by Gasteiger charge is 2.06. The maximum atomic E-state index is 9.49. The predicted octanol–water partition coefficient (Wildman–Crippen LogP) is 4.36. The molecule has 0 heterocycles. The SMILES string of the molecule is CCCCc1cc2cc(O)c(O)cc2cc1Br. The summed E-state index contributed by atoms with van der Waals surface area (Å²) >= 11 is 3.55. The zero-order valence-corrected chi connectivity index (χ0v) is 11.3. The first-order chi connectivity index (χ1) is 8.11. The first-order valence-electron chi connectivity index (χ1n) is 5.76. The molecular weight excluding hydrogens is 280 g/mol. The van der Waals surface area contributed by atoms with Gasteiger partial charge in [-0.1, -0.05) is 29.3 Å². The minimum Gasteiger partial charge on any atom is -0.504 e. The van der Waals surface area contributed by atoms with E-state index in [1.54, 1.807) is 12.1 Å². The number of fused-ring (bicyclic) bond motifs is 1. The summed E-state index contributed by atoms with van der Waals surface area (Å²) in [6.07, 6.45) is 3.33. The second-order valence-corrected chi connectivity index (χ2v) is 5.09. The average molecular weight is 295 g/mol. The molecule has 0 spiro atoms. The summed E-state index contributed by atoms with van der Waals surface area (Å²) < 4.78 is 1.06. The average Bonchev–Trinajstić information content (AvgIpc) is 2.29. The lowest BCUT2D eigenvalue weighted by Gasteiger charge is -2.08. The summed E-state index contributed by atoms with van der Waals surface area (Å²) in [6.45, 7) is 2.17. The normalized spacial score (nSPS) is 10.9. The number of aromatic hydroxyl groups is 2. The highest BCUT2D eigenvalue weighted by atomic mass is 79.9. The van der Waals surface area contributed by atoms with Gasteiger partial charge in [-0.25, -0.2) is 0 Å². The number of phenols is 2. The number of phenolic OH excluding ortho intramolecular Hbond substituents is 2. The van der Waals surface area contributed by atoms with Crippen molar-refractivity contribution >= 4 is 26.7 Å². The minimum atomic E-state index is -0.0780. The Morgan fingerprint density at radius 2 is 1.59 bits per heavy atom. The van der Waals surface area contributed by atoms with Crippen LogP contribution in [0.15, 0.2) is 28.7 Å². The van der Waals surface area contributed by atoms with E-state index in [0.29, 0.717) is 0 Å². The van der Waals surface area contributed by atoms with Crippen LogP contribution < -0.4 is 0 Å². The molecule has 0 radical (unpaired) electrons. The van der Waals surface area contributed by atoms with Crippen LogP contribution in [0.4, 0.5) is 0 Å². The van der Waals surface area contributed by atoms with E-state index in [4.69, 9.17) is 0 Å². The smallest absolute Gasteiger partial charge is 0.158 e. The van der Waals surface area contributed by atoms with Crippen molar-refractivity contribution in [1.82, 2.24) is 0 Å². The Morgan fingerprint density at radius 1 is 1.00 bits per heavy atom. The summed E-state index contributed by atoms with van der Waals surface area (Å²) in [4.78, 5) is 0. The number of benzene rings is 2. The predicted molar refractivity (Wildman–Crippen MR) is 73.6 cm³/mol. The molecule has 0 atom stereocenters. The van der Waals surface area contributed by atoms with Crippen LogP contribution in [0.25, 0.3) is 10.8 Å². The number of hydrogen-bond donors (Lipinski definition) is 2. The molecule has 0 bridgehead atoms. The van der Waals surface area contributed by atoms with Crippen molar-refractivity contribution in [3.05, 3.63) is 34.3 Å². The molecule has 0 saturated carbocycles. The molecule has 0 aromatic heterocycles. The molecule has 0 saturated heterocycles. The highest BCUT2D eigenvalue weighted by Crippen LogP contribution is 2.33. The van der Waals surface area contributed by atoms with Gasteiger partial charge in [0.25, 0.3) is 0 Å². The van der Waals surface area contributed by atoms with Crippen LogP contribution in [0.1, 0.15) is 25.3 Å². The Kier molecular flexibility index (Phi) is 3.57. The number of rotatable bonds is 3. The van der Waals surface area contributed by atoms with Gasteiger partial charge in [0.2, 0.25) is 0 Å². The van der Waals surface area contributed by atoms with Crippen molar-refractivity contribution in [2.75, 3.05) is 0 Å². The van der Waals surface area contributed by atoms with Gasteiger partial charge >= 0.3 is 0 Å². The fourth-order valence-electron chi connectivity index (χ4n) is 1.90. The lowest BCUT2D eigenvalue weighted by molar-refractivity contribution is 0.405. The Morgan fingerprint density at radius 3 is 2.18 bits per heavy atom. The molecule has 2 nitrogen and oxygen atoms in total. The Labute approximate surface area is 109 Å². The molecule has 0 aliphatic heterocycles. The second-order valence-electron chi connectivity index (χ2n) is 4.24. The van der Waals surface area contributed by atoms with Crippen molar-refractivity contribution < 1.29 is 10.2 Å². The zero-order chi connectivity index (χ0) is 12.4. The van der Waals surface area contributed by atoms with E-state index in [-0.39, 0.29) is 11.5 Å². The summed E-state index contributed by atoms with van der Waals surface area (Å²) in [6, 6.07) is 7.24. The molecule has 0 fully saturated rings. The molecule has 90 valence electrons. The van der Waals surface area contributed by atoms with Crippen molar-refractivity contribution in [1.29, 1.82) is 0 Å². The third kappa shape index (κ3) is 2.55. The fourth-order valence-corrected chi connectivity index (χ4v) is 2.46. The van der Waals surface area contributed by atoms with Crippen LogP contribution in [0.2, 0.25) is 0 Å². The molecule has 2 N–H and O–H groups in total. The van der Waals surface area contributed by atoms with Gasteiger partial charge in [-0.15, -0.1) is 0 Å². The molecular formula is C14H15BrO2. The monoisotopic (exact) mass is 294 g/mol. The highest BCUT2D eigenvalue weighted by molar-refractivity contribution is 9.10. The summed E-state index contributed by atoms with van der Waals surface area (Å²) in [7, 11) is 0. The lowest BCUT2D eigenvalue weighted by Crippen LogP contribution is -1.87. The second kappa shape index (κ2) is 4.96. The van der Waals surface area contributed by atoms with E-state index < -0.39 is 0 Å². The van der Waals surface area contributed by atoms with E-state index in [1.165, 1.54) is 5.56 Å². The quantitative estimate of drug-likeness (QED) is 0.826. The van der Waals surface area contributed by atoms with Crippen molar-refractivity contribution in [2.24, 2.45) is 0 Å². The molecule has 3 heteroatoms. The van der Waals surface area contributed by atoms with Crippen LogP contribution in [0.5, 0.6) is 11.5 Å². The molecule has 2 aromatic rings. The van der Waals surface area contributed by atoms with Gasteiger partial charge in [0, 0.05) is 4.47 Å². The van der Waals surface area contributed by atoms with Crippen LogP contribution >= 0.6 is 15.9 Å². The number of aryl methyl sites for hydroxylation is 1. The zero-order valence-electron chi connectivity index (χ0n) is 9.70. The lowest BCUT2D eigenvalue weighted by atomic mass is 10.0. The standard InChI is InChI=1S/C14H15BrO2/c1-2-3-4-9-5-10-7-13(16)14(17)8-11(10)6-12(9)15/h5-8,16-17H,2-4H2,1H3. The van der Waals surface area contributed by atoms with E-state index in [1.807, 2.05) is 6.07 Å². The minimum absolute atomic E-state index is 0.0683. The van der Waals surface area contributed by atoms with Gasteiger partial charge in [-0.2, -0.15) is 0 Å². The third-order valence-corrected chi connectivity index (χ3v) is 3.64. The largest absolute Gasteiger partial charge is 0.504 e. The third-order valence-electron chi connectivity index (χ3n) is 2.90. The van der Waals surface area contributed by atoms with Crippen molar-refractivity contribution in [2.45, 2.75) is 26.2 Å². The van der Waals surface area contributed by atoms with Gasteiger partial charge in [-0.05, 0) is 53.4 Å². The van der Waals surface area contributed by atoms with Gasteiger partial charge < -0.3 is 10.2 Å². The number of hydrogen-bond acceptors (Lipinski definition) is 2. The van der Waals surface area contributed by atoms with E-state index >= 15 is 0 Å². The van der Waals surface area contributed by atoms with Gasteiger partial charge in [-0.3, -0.25) is 0 Å². The maximum absolute atomic E-state index is 9.49. The Hall–Kier alpha value is -1.22. The van der Waals surface area contributed by atoms with Gasteiger partial charge in [0.15, 0.2) is 11.5 Å². The summed E-state index contributed by atoms with van der Waals surface area (Å²) in [5.41, 5.74) is 1.24. The van der Waals surface area contributed by atoms with Gasteiger partial charge in [0.1, 0.15) is 0 Å². The molecule has 2 aromatic carbocycles. The van der Waals surface area contributed by atoms with Crippen molar-refractivity contribution in [3.63, 3.8) is 0 Å². The van der Waals surface area contributed by atoms with E-state index in [0.717, 1.165) is 34.5 Å². The molecule has 0 unspecified atom stereocenters. The van der Waals surface area contributed by atoms with E-state index in [9.17, 15) is 10.2 Å². The molecule has 2 rings (SSSR count). The topological polar surface area (TPSA) is 40.5 Å². The van der Waals surface area contributed by atoms with Crippen LogP contribution in [-0.4, -0.2) is 10.2 Å². The van der Waals surface area contributed by atoms with Crippen LogP contribution in [0, 0.1) is 0 Å². The maximum Gasteiger partial charge on any atom is 0.158 e. The first-order valence-corrected chi connectivity index (χ1v) is 6.55. The van der Waals surface area contributed by atoms with Crippen LogP contribution in [0.3, 0.4) is 0 Å². The number of unbranched alkanes of at least 4 members (excludes halogenated alkanes) is 1. The van der Waals surface area contributed by atoms with Gasteiger partial charge in [0.05, 0.1) is 0 Å². The Bertz CT molecular complexity index is 549. The fraction of sp³-hybridized carbons (Fsp3) is 0.286. The molecule has 0 aliphatic carbocycles. The van der Waals surface area contributed by atoms with Crippen LogP contribution in [-0.2, 0) is 6.42 Å². The first kappa shape index (κ1) is 12.2. The molecule has 0 aliphatic rings. The van der Waals surface area contributed by atoms with E-state index in [2.05, 4.69) is 28.9 Å².